The molecule has 1 aromatic carbocycles. The van der Waals surface area contributed by atoms with Gasteiger partial charge in [-0.2, -0.15) is 0 Å². The third-order valence-electron chi connectivity index (χ3n) is 4.65. The van der Waals surface area contributed by atoms with Gasteiger partial charge < -0.3 is 20.9 Å². The number of benzene rings is 1. The molecular formula is C20H24N2O3. The van der Waals surface area contributed by atoms with Gasteiger partial charge in [-0.05, 0) is 37.0 Å². The first-order chi connectivity index (χ1) is 12.1. The predicted octanol–water partition coefficient (Wildman–Crippen LogP) is 2.71. The number of carbonyl (C=O) groups is 1. The molecule has 25 heavy (non-hydrogen) atoms. The van der Waals surface area contributed by atoms with Crippen LogP contribution in [0.2, 0.25) is 0 Å². The molecule has 5 heteroatoms. The van der Waals surface area contributed by atoms with E-state index < -0.39 is 5.97 Å². The molecule has 0 radical (unpaired) electrons. The Hall–Kier alpha value is -2.37. The van der Waals surface area contributed by atoms with Crippen LogP contribution in [0.3, 0.4) is 0 Å². The van der Waals surface area contributed by atoms with E-state index >= 15 is 0 Å². The van der Waals surface area contributed by atoms with Crippen LogP contribution in [-0.2, 0) is 4.79 Å². The lowest BCUT2D eigenvalue weighted by molar-refractivity contribution is -0.139. The van der Waals surface area contributed by atoms with Gasteiger partial charge in [-0.15, -0.1) is 0 Å². The maximum absolute atomic E-state index is 10.8. The van der Waals surface area contributed by atoms with Crippen molar-refractivity contribution in [1.29, 1.82) is 0 Å². The summed E-state index contributed by atoms with van der Waals surface area (Å²) in [6.45, 7) is 1.71. The molecule has 0 saturated heterocycles. The minimum Gasteiger partial charge on any atom is -0.482 e. The van der Waals surface area contributed by atoms with Crippen molar-refractivity contribution in [3.63, 3.8) is 0 Å². The predicted molar refractivity (Wildman–Crippen MR) is 97.4 cm³/mol. The number of carboxylic acid groups (broad SMARTS) is 1. The van der Waals surface area contributed by atoms with Crippen molar-refractivity contribution >= 4 is 5.97 Å². The number of hydrogen-bond donors (Lipinski definition) is 3. The minimum atomic E-state index is -0.984. The van der Waals surface area contributed by atoms with E-state index in [0.717, 1.165) is 18.4 Å². The van der Waals surface area contributed by atoms with Gasteiger partial charge in [-0.3, -0.25) is 0 Å². The van der Waals surface area contributed by atoms with Gasteiger partial charge in [0.1, 0.15) is 5.75 Å². The molecule has 2 aliphatic rings. The number of hydrogen-bond acceptors (Lipinski definition) is 4. The quantitative estimate of drug-likeness (QED) is 0.741. The van der Waals surface area contributed by atoms with Gasteiger partial charge in [0.2, 0.25) is 0 Å². The van der Waals surface area contributed by atoms with Gasteiger partial charge in [-0.1, -0.05) is 42.5 Å². The van der Waals surface area contributed by atoms with Crippen LogP contribution in [0.5, 0.6) is 5.75 Å². The third kappa shape index (κ3) is 4.00. The molecule has 0 aliphatic heterocycles. The molecule has 0 bridgehead atoms. The van der Waals surface area contributed by atoms with Crippen LogP contribution in [0.4, 0.5) is 0 Å². The number of rotatable bonds is 6. The van der Waals surface area contributed by atoms with Crippen LogP contribution in [0.25, 0.3) is 0 Å². The molecule has 1 aromatic rings. The third-order valence-corrected chi connectivity index (χ3v) is 4.65. The van der Waals surface area contributed by atoms with E-state index in [9.17, 15) is 4.79 Å². The highest BCUT2D eigenvalue weighted by Gasteiger charge is 2.27. The standard InChI is InChI=1S/C20H24N2O3/c1-13(15-8-2-3-11-18(15)25-12-19(23)24)22-17-10-5-7-14-6-4-9-16(21)20(14)17/h2-8,11,13,16-17,22H,9-10,12,21H2,1H3,(H,23,24). The molecule has 0 aromatic heterocycles. The molecule has 5 nitrogen and oxygen atoms in total. The topological polar surface area (TPSA) is 84.6 Å². The summed E-state index contributed by atoms with van der Waals surface area (Å²) in [5.41, 5.74) is 9.73. The van der Waals surface area contributed by atoms with Crippen LogP contribution in [0, 0.1) is 0 Å². The van der Waals surface area contributed by atoms with E-state index in [-0.39, 0.29) is 24.7 Å². The van der Waals surface area contributed by atoms with E-state index in [4.69, 9.17) is 15.6 Å². The zero-order chi connectivity index (χ0) is 17.8. The summed E-state index contributed by atoms with van der Waals surface area (Å²) >= 11 is 0. The van der Waals surface area contributed by atoms with Crippen molar-refractivity contribution in [2.75, 3.05) is 6.61 Å². The normalized spacial score (nSPS) is 23.3. The highest BCUT2D eigenvalue weighted by molar-refractivity contribution is 5.68. The maximum Gasteiger partial charge on any atom is 0.341 e. The zero-order valence-electron chi connectivity index (χ0n) is 14.3. The van der Waals surface area contributed by atoms with Crippen LogP contribution in [-0.4, -0.2) is 29.8 Å². The van der Waals surface area contributed by atoms with Gasteiger partial charge in [0, 0.05) is 23.7 Å². The smallest absolute Gasteiger partial charge is 0.341 e. The van der Waals surface area contributed by atoms with Gasteiger partial charge in [0.25, 0.3) is 0 Å². The average Bonchev–Trinajstić information content (AvgIpc) is 2.60. The fraction of sp³-hybridized carbons (Fsp3) is 0.350. The highest BCUT2D eigenvalue weighted by atomic mass is 16.5. The molecule has 0 fully saturated rings. The lowest BCUT2D eigenvalue weighted by Crippen LogP contribution is -2.42. The van der Waals surface area contributed by atoms with E-state index in [2.05, 4.69) is 36.5 Å². The van der Waals surface area contributed by atoms with Crippen LogP contribution in [0.15, 0.2) is 59.7 Å². The van der Waals surface area contributed by atoms with Crippen molar-refractivity contribution in [1.82, 2.24) is 5.32 Å². The van der Waals surface area contributed by atoms with Gasteiger partial charge in [0.05, 0.1) is 0 Å². The highest BCUT2D eigenvalue weighted by Crippen LogP contribution is 2.31. The van der Waals surface area contributed by atoms with Crippen LogP contribution < -0.4 is 15.8 Å². The Morgan fingerprint density at radius 2 is 2.04 bits per heavy atom. The van der Waals surface area contributed by atoms with Crippen LogP contribution in [0.1, 0.15) is 31.4 Å². The summed E-state index contributed by atoms with van der Waals surface area (Å²) in [4.78, 5) is 10.8. The van der Waals surface area contributed by atoms with Crippen LogP contribution >= 0.6 is 0 Å². The summed E-state index contributed by atoms with van der Waals surface area (Å²) in [5, 5.41) is 12.5. The molecule has 3 unspecified atom stereocenters. The summed E-state index contributed by atoms with van der Waals surface area (Å²) in [7, 11) is 0. The molecule has 0 heterocycles. The Bertz CT molecular complexity index is 732. The number of para-hydroxylation sites is 1. The van der Waals surface area contributed by atoms with Crippen molar-refractivity contribution in [3.05, 3.63) is 65.3 Å². The number of carboxylic acids is 1. The number of nitrogens with two attached hydrogens (primary N) is 1. The minimum absolute atomic E-state index is 0.00773. The second-order valence-electron chi connectivity index (χ2n) is 6.45. The van der Waals surface area contributed by atoms with Crippen molar-refractivity contribution in [2.24, 2.45) is 5.73 Å². The summed E-state index contributed by atoms with van der Waals surface area (Å²) in [5.74, 6) is -0.388. The van der Waals surface area contributed by atoms with Crippen molar-refractivity contribution in [3.8, 4) is 5.75 Å². The lowest BCUT2D eigenvalue weighted by Gasteiger charge is -2.33. The SMILES string of the molecule is CC(NC1CC=CC2=C1C(N)CC=C2)c1ccccc1OCC(=O)O. The molecule has 0 amide bonds. The van der Waals surface area contributed by atoms with E-state index in [0.29, 0.717) is 5.75 Å². The number of ether oxygens (including phenoxy) is 1. The number of aliphatic carboxylic acids is 1. The maximum atomic E-state index is 10.8. The Labute approximate surface area is 147 Å². The van der Waals surface area contributed by atoms with Gasteiger partial charge >= 0.3 is 5.97 Å². The number of allylic oxidation sites excluding steroid dienone is 3. The van der Waals surface area contributed by atoms with Gasteiger partial charge in [-0.25, -0.2) is 4.79 Å². The van der Waals surface area contributed by atoms with E-state index in [1.165, 1.54) is 11.1 Å². The lowest BCUT2D eigenvalue weighted by atomic mass is 9.83. The first kappa shape index (κ1) is 17.5. The zero-order valence-corrected chi connectivity index (χ0v) is 14.3. The molecule has 4 N–H and O–H groups in total. The monoisotopic (exact) mass is 340 g/mol. The molecule has 0 saturated carbocycles. The summed E-state index contributed by atoms with van der Waals surface area (Å²) in [6.07, 6.45) is 10.3. The first-order valence-electron chi connectivity index (χ1n) is 8.58. The molecule has 0 spiro atoms. The Kier molecular flexibility index (Phi) is 5.36. The Morgan fingerprint density at radius 1 is 1.32 bits per heavy atom. The fourth-order valence-electron chi connectivity index (χ4n) is 3.51. The summed E-state index contributed by atoms with van der Waals surface area (Å²) < 4.78 is 5.44. The molecular weight excluding hydrogens is 316 g/mol. The Balaban J connectivity index is 1.77. The van der Waals surface area contributed by atoms with Gasteiger partial charge in [0.15, 0.2) is 6.61 Å². The van der Waals surface area contributed by atoms with E-state index in [1.807, 2.05) is 18.2 Å². The van der Waals surface area contributed by atoms with Crippen molar-refractivity contribution < 1.29 is 14.6 Å². The Morgan fingerprint density at radius 3 is 2.80 bits per heavy atom. The summed E-state index contributed by atoms with van der Waals surface area (Å²) in [6, 6.07) is 7.76. The largest absolute Gasteiger partial charge is 0.482 e. The molecule has 3 rings (SSSR count). The molecule has 2 aliphatic carbocycles. The first-order valence-corrected chi connectivity index (χ1v) is 8.58. The second kappa shape index (κ2) is 7.68. The van der Waals surface area contributed by atoms with E-state index in [1.54, 1.807) is 6.07 Å². The second-order valence-corrected chi connectivity index (χ2v) is 6.45. The fourth-order valence-corrected chi connectivity index (χ4v) is 3.51. The molecule has 132 valence electrons. The van der Waals surface area contributed by atoms with Crippen molar-refractivity contribution in [2.45, 2.75) is 37.9 Å². The molecule has 3 atom stereocenters. The average molecular weight is 340 g/mol. The number of nitrogens with one attached hydrogen (secondary N) is 1.